The Labute approximate surface area is 115 Å². The monoisotopic (exact) mass is 260 g/mol. The summed E-state index contributed by atoms with van der Waals surface area (Å²) in [5.74, 6) is 0. The molecule has 104 valence electrons. The molecule has 2 unspecified atom stereocenters. The zero-order valence-corrected chi connectivity index (χ0v) is 11.8. The summed E-state index contributed by atoms with van der Waals surface area (Å²) in [5, 5.41) is 3.69. The standard InChI is InChI=1S/C16H24N2O/c1-13(18-8-4-5-9-18)10-17-16-12-19-11-14-6-2-3-7-15(14)16/h2-3,6-7,13,16-17H,4-5,8-12H2,1H3. The molecule has 2 aliphatic rings. The summed E-state index contributed by atoms with van der Waals surface area (Å²) in [6, 6.07) is 9.61. The van der Waals surface area contributed by atoms with Crippen molar-refractivity contribution in [2.45, 2.75) is 38.5 Å². The van der Waals surface area contributed by atoms with Crippen molar-refractivity contribution < 1.29 is 4.74 Å². The van der Waals surface area contributed by atoms with E-state index in [1.54, 1.807) is 0 Å². The Bertz CT molecular complexity index is 415. The normalized spacial score (nSPS) is 25.2. The molecule has 0 radical (unpaired) electrons. The molecule has 19 heavy (non-hydrogen) atoms. The number of likely N-dealkylation sites (tertiary alicyclic amines) is 1. The highest BCUT2D eigenvalue weighted by Gasteiger charge is 2.22. The quantitative estimate of drug-likeness (QED) is 0.899. The van der Waals surface area contributed by atoms with Crippen LogP contribution in [0.1, 0.15) is 36.9 Å². The molecule has 2 atom stereocenters. The van der Waals surface area contributed by atoms with Gasteiger partial charge in [-0.05, 0) is 44.0 Å². The van der Waals surface area contributed by atoms with Gasteiger partial charge in [0, 0.05) is 12.6 Å². The zero-order chi connectivity index (χ0) is 13.1. The first-order valence-corrected chi connectivity index (χ1v) is 7.47. The number of benzene rings is 1. The Morgan fingerprint density at radius 1 is 1.32 bits per heavy atom. The second kappa shape index (κ2) is 6.04. The van der Waals surface area contributed by atoms with Gasteiger partial charge in [-0.25, -0.2) is 0 Å². The summed E-state index contributed by atoms with van der Waals surface area (Å²) in [5.41, 5.74) is 2.75. The molecule has 1 N–H and O–H groups in total. The van der Waals surface area contributed by atoms with Gasteiger partial charge in [-0.3, -0.25) is 4.90 Å². The van der Waals surface area contributed by atoms with Crippen molar-refractivity contribution in [2.75, 3.05) is 26.2 Å². The van der Waals surface area contributed by atoms with Crippen LogP contribution in [0.15, 0.2) is 24.3 Å². The maximum atomic E-state index is 5.69. The number of fused-ring (bicyclic) bond motifs is 1. The molecule has 3 nitrogen and oxygen atoms in total. The molecule has 2 aliphatic heterocycles. The number of ether oxygens (including phenoxy) is 1. The molecular formula is C16H24N2O. The first-order chi connectivity index (χ1) is 9.34. The van der Waals surface area contributed by atoms with Crippen molar-refractivity contribution in [2.24, 2.45) is 0 Å². The largest absolute Gasteiger partial charge is 0.375 e. The molecule has 1 saturated heterocycles. The van der Waals surface area contributed by atoms with Crippen molar-refractivity contribution in [1.29, 1.82) is 0 Å². The zero-order valence-electron chi connectivity index (χ0n) is 11.8. The molecule has 1 fully saturated rings. The lowest BCUT2D eigenvalue weighted by atomic mass is 9.99. The van der Waals surface area contributed by atoms with Gasteiger partial charge in [0.05, 0.1) is 19.3 Å². The number of rotatable bonds is 4. The molecule has 0 amide bonds. The molecule has 3 rings (SSSR count). The van der Waals surface area contributed by atoms with Crippen LogP contribution in [0, 0.1) is 0 Å². The van der Waals surface area contributed by atoms with E-state index in [2.05, 4.69) is 41.4 Å². The minimum absolute atomic E-state index is 0.356. The smallest absolute Gasteiger partial charge is 0.0721 e. The van der Waals surface area contributed by atoms with Gasteiger partial charge in [0.2, 0.25) is 0 Å². The van der Waals surface area contributed by atoms with Gasteiger partial charge >= 0.3 is 0 Å². The van der Waals surface area contributed by atoms with Crippen molar-refractivity contribution in [3.05, 3.63) is 35.4 Å². The van der Waals surface area contributed by atoms with Crippen LogP contribution in [-0.2, 0) is 11.3 Å². The van der Waals surface area contributed by atoms with Crippen LogP contribution in [0.3, 0.4) is 0 Å². The summed E-state index contributed by atoms with van der Waals surface area (Å²) >= 11 is 0. The minimum atomic E-state index is 0.356. The predicted octanol–water partition coefficient (Wildman–Crippen LogP) is 2.33. The first kappa shape index (κ1) is 13.1. The first-order valence-electron chi connectivity index (χ1n) is 7.47. The SMILES string of the molecule is CC(CNC1COCc2ccccc21)N1CCCC1. The van der Waals surface area contributed by atoms with Crippen LogP contribution in [0.4, 0.5) is 0 Å². The van der Waals surface area contributed by atoms with Crippen molar-refractivity contribution in [3.8, 4) is 0 Å². The van der Waals surface area contributed by atoms with E-state index in [0.29, 0.717) is 12.1 Å². The highest BCUT2D eigenvalue weighted by Crippen LogP contribution is 2.24. The molecule has 3 heteroatoms. The lowest BCUT2D eigenvalue weighted by Crippen LogP contribution is -2.41. The molecule has 1 aromatic carbocycles. The van der Waals surface area contributed by atoms with Gasteiger partial charge in [0.25, 0.3) is 0 Å². The second-order valence-electron chi connectivity index (χ2n) is 5.77. The maximum Gasteiger partial charge on any atom is 0.0721 e. The van der Waals surface area contributed by atoms with Gasteiger partial charge in [0.1, 0.15) is 0 Å². The van der Waals surface area contributed by atoms with Gasteiger partial charge in [-0.15, -0.1) is 0 Å². The van der Waals surface area contributed by atoms with Gasteiger partial charge in [-0.2, -0.15) is 0 Å². The lowest BCUT2D eigenvalue weighted by molar-refractivity contribution is 0.0796. The van der Waals surface area contributed by atoms with E-state index < -0.39 is 0 Å². The number of hydrogen-bond acceptors (Lipinski definition) is 3. The van der Waals surface area contributed by atoms with Gasteiger partial charge in [-0.1, -0.05) is 24.3 Å². The number of nitrogens with zero attached hydrogens (tertiary/aromatic N) is 1. The van der Waals surface area contributed by atoms with Crippen LogP contribution < -0.4 is 5.32 Å². The summed E-state index contributed by atoms with van der Waals surface area (Å²) < 4.78 is 5.69. The van der Waals surface area contributed by atoms with Gasteiger partial charge in [0.15, 0.2) is 0 Å². The molecule has 0 saturated carbocycles. The fraction of sp³-hybridized carbons (Fsp3) is 0.625. The number of nitrogens with one attached hydrogen (secondary N) is 1. The molecule has 0 spiro atoms. The Kier molecular flexibility index (Phi) is 4.16. The second-order valence-corrected chi connectivity index (χ2v) is 5.77. The number of hydrogen-bond donors (Lipinski definition) is 1. The molecule has 2 heterocycles. The maximum absolute atomic E-state index is 5.69. The molecular weight excluding hydrogens is 236 g/mol. The topological polar surface area (TPSA) is 24.5 Å². The lowest BCUT2D eigenvalue weighted by Gasteiger charge is -2.30. The summed E-state index contributed by atoms with van der Waals surface area (Å²) in [7, 11) is 0. The third-order valence-corrected chi connectivity index (χ3v) is 4.40. The Balaban J connectivity index is 1.58. The van der Waals surface area contributed by atoms with Gasteiger partial charge < -0.3 is 10.1 Å². The van der Waals surface area contributed by atoms with E-state index in [9.17, 15) is 0 Å². The highest BCUT2D eigenvalue weighted by molar-refractivity contribution is 5.31. The summed E-state index contributed by atoms with van der Waals surface area (Å²) in [6.45, 7) is 7.46. The predicted molar refractivity (Wildman–Crippen MR) is 77.1 cm³/mol. The fourth-order valence-corrected chi connectivity index (χ4v) is 3.18. The summed E-state index contributed by atoms with van der Waals surface area (Å²) in [4.78, 5) is 2.59. The van der Waals surface area contributed by atoms with Crippen molar-refractivity contribution in [1.82, 2.24) is 10.2 Å². The van der Waals surface area contributed by atoms with Crippen molar-refractivity contribution >= 4 is 0 Å². The Morgan fingerprint density at radius 2 is 2.11 bits per heavy atom. The van der Waals surface area contributed by atoms with Crippen LogP contribution in [-0.4, -0.2) is 37.2 Å². The third kappa shape index (κ3) is 2.99. The fourth-order valence-electron chi connectivity index (χ4n) is 3.18. The van der Waals surface area contributed by atoms with Crippen LogP contribution in [0.5, 0.6) is 0 Å². The van der Waals surface area contributed by atoms with Crippen LogP contribution in [0.25, 0.3) is 0 Å². The summed E-state index contributed by atoms with van der Waals surface area (Å²) in [6.07, 6.45) is 2.72. The van der Waals surface area contributed by atoms with E-state index in [1.165, 1.54) is 37.1 Å². The van der Waals surface area contributed by atoms with E-state index in [4.69, 9.17) is 4.74 Å². The highest BCUT2D eigenvalue weighted by atomic mass is 16.5. The van der Waals surface area contributed by atoms with Crippen molar-refractivity contribution in [3.63, 3.8) is 0 Å². The van der Waals surface area contributed by atoms with Crippen LogP contribution in [0.2, 0.25) is 0 Å². The van der Waals surface area contributed by atoms with E-state index in [-0.39, 0.29) is 0 Å². The van der Waals surface area contributed by atoms with Crippen LogP contribution >= 0.6 is 0 Å². The molecule has 0 bridgehead atoms. The van der Waals surface area contributed by atoms with E-state index in [1.807, 2.05) is 0 Å². The Hall–Kier alpha value is -0.900. The molecule has 0 aliphatic carbocycles. The van der Waals surface area contributed by atoms with E-state index in [0.717, 1.165) is 19.8 Å². The third-order valence-electron chi connectivity index (χ3n) is 4.40. The average molecular weight is 260 g/mol. The molecule has 1 aromatic rings. The average Bonchev–Trinajstić information content (AvgIpc) is 2.99. The Morgan fingerprint density at radius 3 is 2.95 bits per heavy atom. The minimum Gasteiger partial charge on any atom is -0.375 e. The van der Waals surface area contributed by atoms with E-state index >= 15 is 0 Å². The molecule has 0 aromatic heterocycles.